The predicted octanol–water partition coefficient (Wildman–Crippen LogP) is 11.3. The molecule has 0 aliphatic heterocycles. The summed E-state index contributed by atoms with van der Waals surface area (Å²) in [6, 6.07) is 43.6. The van der Waals surface area contributed by atoms with Crippen LogP contribution in [0.3, 0.4) is 0 Å². The molecule has 8 aromatic rings. The molecular formula is C44H35IrN3O-2. The molecule has 0 bridgehead atoms. The van der Waals surface area contributed by atoms with E-state index in [1.807, 2.05) is 67.8 Å². The molecule has 0 spiro atoms. The molecule has 243 valence electrons. The van der Waals surface area contributed by atoms with Gasteiger partial charge in [-0.1, -0.05) is 77.2 Å². The van der Waals surface area contributed by atoms with Gasteiger partial charge in [0.05, 0.1) is 11.3 Å². The number of aromatic nitrogens is 3. The molecule has 0 saturated heterocycles. The molecule has 1 radical (unpaired) electrons. The Balaban J connectivity index is 0.000000250. The number of benzene rings is 4. The van der Waals surface area contributed by atoms with Crippen LogP contribution in [0, 0.1) is 46.8 Å². The number of rotatable bonds is 4. The average molecular weight is 814 g/mol. The molecule has 4 aromatic carbocycles. The molecule has 0 unspecified atom stereocenters. The fourth-order valence-corrected chi connectivity index (χ4v) is 6.06. The zero-order valence-electron chi connectivity index (χ0n) is 28.1. The van der Waals surface area contributed by atoms with Gasteiger partial charge in [-0.2, -0.15) is 0 Å². The van der Waals surface area contributed by atoms with Gasteiger partial charge in [-0.3, -0.25) is 0 Å². The van der Waals surface area contributed by atoms with Crippen LogP contribution in [-0.4, -0.2) is 15.0 Å². The van der Waals surface area contributed by atoms with Crippen LogP contribution in [0.25, 0.3) is 67.0 Å². The van der Waals surface area contributed by atoms with Crippen LogP contribution in [0.2, 0.25) is 0 Å². The Kier molecular flexibility index (Phi) is 9.96. The number of hydrogen-bond acceptors (Lipinski definition) is 4. The van der Waals surface area contributed by atoms with Gasteiger partial charge in [-0.25, -0.2) is 4.98 Å². The van der Waals surface area contributed by atoms with Crippen LogP contribution in [0.4, 0.5) is 0 Å². The van der Waals surface area contributed by atoms with Crippen molar-refractivity contribution in [3.63, 3.8) is 0 Å². The second-order valence-electron chi connectivity index (χ2n) is 12.2. The zero-order chi connectivity index (χ0) is 33.2. The smallest absolute Gasteiger partial charge is 0.216 e. The second-order valence-corrected chi connectivity index (χ2v) is 12.2. The summed E-state index contributed by atoms with van der Waals surface area (Å²) in [4.78, 5) is 14.0. The van der Waals surface area contributed by atoms with E-state index in [9.17, 15) is 0 Å². The van der Waals surface area contributed by atoms with E-state index in [0.29, 0.717) is 5.71 Å². The van der Waals surface area contributed by atoms with Gasteiger partial charge in [0.15, 0.2) is 0 Å². The van der Waals surface area contributed by atoms with E-state index >= 15 is 0 Å². The first-order valence-electron chi connectivity index (χ1n) is 16.1. The van der Waals surface area contributed by atoms with E-state index in [4.69, 9.17) is 9.40 Å². The maximum Gasteiger partial charge on any atom is 0.216 e. The molecule has 4 aromatic heterocycles. The van der Waals surface area contributed by atoms with Gasteiger partial charge >= 0.3 is 0 Å². The van der Waals surface area contributed by atoms with Crippen molar-refractivity contribution in [1.29, 1.82) is 0 Å². The maximum absolute atomic E-state index is 6.38. The van der Waals surface area contributed by atoms with E-state index in [2.05, 4.69) is 110 Å². The van der Waals surface area contributed by atoms with E-state index in [0.717, 1.165) is 50.1 Å². The van der Waals surface area contributed by atoms with Crippen molar-refractivity contribution in [2.45, 2.75) is 34.6 Å². The van der Waals surface area contributed by atoms with Gasteiger partial charge in [0.2, 0.25) is 5.71 Å². The molecule has 4 heterocycles. The summed E-state index contributed by atoms with van der Waals surface area (Å²) < 4.78 is 6.38. The van der Waals surface area contributed by atoms with E-state index in [1.165, 1.54) is 38.9 Å². The molecule has 0 atom stereocenters. The quantitative estimate of drug-likeness (QED) is 0.166. The van der Waals surface area contributed by atoms with E-state index < -0.39 is 0 Å². The minimum absolute atomic E-state index is 0. The number of aryl methyl sites for hydroxylation is 4. The Morgan fingerprint density at radius 1 is 0.592 bits per heavy atom. The first-order valence-corrected chi connectivity index (χ1v) is 16.1. The Hall–Kier alpha value is -5.22. The molecule has 0 aliphatic rings. The minimum Gasteiger partial charge on any atom is -0.486 e. The van der Waals surface area contributed by atoms with Crippen LogP contribution in [-0.2, 0) is 20.1 Å². The summed E-state index contributed by atoms with van der Waals surface area (Å²) in [5.41, 5.74) is 15.6. The molecule has 0 saturated carbocycles. The first-order chi connectivity index (χ1) is 23.4. The molecule has 4 nitrogen and oxygen atoms in total. The third-order valence-corrected chi connectivity index (χ3v) is 8.84. The number of fused-ring (bicyclic) bond motifs is 3. The average Bonchev–Trinajstić information content (AvgIpc) is 3.49. The van der Waals surface area contributed by atoms with Crippen molar-refractivity contribution in [2.75, 3.05) is 0 Å². The standard InChI is InChI=1S/C32H25N2O.C12H10N.Ir/c1-19-13-14-24(23-9-6-5-7-10-23)22(4)30(19)28-16-15-26-25-11-8-12-27(31(25)35-32(26)34-28)29-17-20(2)21(3)18-33-29;1-10-7-8-12(13-9-10)11-5-3-2-4-6-11;/h5-11,13-18H,1-4H3;2-5,7-9H,1H3;/q2*-1;. The van der Waals surface area contributed by atoms with Gasteiger partial charge in [-0.15, -0.1) is 54.1 Å². The first kappa shape index (κ1) is 33.7. The summed E-state index contributed by atoms with van der Waals surface area (Å²) in [6.45, 7) is 10.5. The van der Waals surface area contributed by atoms with Crippen molar-refractivity contribution >= 4 is 22.1 Å². The summed E-state index contributed by atoms with van der Waals surface area (Å²) in [5, 5.41) is 2.02. The summed E-state index contributed by atoms with van der Waals surface area (Å²) in [6.07, 6.45) is 3.78. The Morgan fingerprint density at radius 2 is 1.37 bits per heavy atom. The Bertz CT molecular complexity index is 2380. The fourth-order valence-electron chi connectivity index (χ4n) is 6.06. The van der Waals surface area contributed by atoms with E-state index in [-0.39, 0.29) is 20.1 Å². The van der Waals surface area contributed by atoms with Gasteiger partial charge in [0, 0.05) is 43.4 Å². The van der Waals surface area contributed by atoms with E-state index in [1.54, 1.807) is 0 Å². The summed E-state index contributed by atoms with van der Waals surface area (Å²) in [7, 11) is 0. The van der Waals surface area contributed by atoms with Gasteiger partial charge in [0.1, 0.15) is 0 Å². The topological polar surface area (TPSA) is 51.8 Å². The van der Waals surface area contributed by atoms with Gasteiger partial charge in [-0.05, 0) is 91.5 Å². The van der Waals surface area contributed by atoms with Gasteiger partial charge < -0.3 is 14.4 Å². The molecule has 0 aliphatic carbocycles. The summed E-state index contributed by atoms with van der Waals surface area (Å²) in [5.74, 6) is 0. The maximum atomic E-state index is 6.38. The Morgan fingerprint density at radius 3 is 2.10 bits per heavy atom. The monoisotopic (exact) mass is 814 g/mol. The van der Waals surface area contributed by atoms with Crippen LogP contribution >= 0.6 is 0 Å². The van der Waals surface area contributed by atoms with Crippen LogP contribution < -0.4 is 0 Å². The second kappa shape index (κ2) is 14.5. The van der Waals surface area contributed by atoms with Crippen molar-refractivity contribution in [2.24, 2.45) is 0 Å². The number of pyridine rings is 3. The van der Waals surface area contributed by atoms with Crippen molar-refractivity contribution in [3.05, 3.63) is 162 Å². The number of nitrogens with zero attached hydrogens (tertiary/aromatic N) is 3. The number of furan rings is 1. The fraction of sp³-hybridized carbons (Fsp3) is 0.114. The molecule has 8 rings (SSSR count). The van der Waals surface area contributed by atoms with Crippen LogP contribution in [0.1, 0.15) is 27.8 Å². The largest absolute Gasteiger partial charge is 0.486 e. The van der Waals surface area contributed by atoms with Crippen molar-refractivity contribution in [1.82, 2.24) is 15.0 Å². The minimum atomic E-state index is 0. The summed E-state index contributed by atoms with van der Waals surface area (Å²) >= 11 is 0. The van der Waals surface area contributed by atoms with Crippen LogP contribution in [0.5, 0.6) is 0 Å². The van der Waals surface area contributed by atoms with Crippen LogP contribution in [0.15, 0.2) is 126 Å². The molecule has 5 heteroatoms. The normalized spacial score (nSPS) is 10.8. The molecule has 49 heavy (non-hydrogen) atoms. The molecule has 0 N–H and O–H groups in total. The third-order valence-electron chi connectivity index (χ3n) is 8.84. The third kappa shape index (κ3) is 6.87. The van der Waals surface area contributed by atoms with Crippen molar-refractivity contribution < 1.29 is 24.5 Å². The molecule has 0 fully saturated rings. The predicted molar refractivity (Wildman–Crippen MR) is 197 cm³/mol. The molecule has 0 amide bonds. The molecular weight excluding hydrogens is 779 g/mol. The Labute approximate surface area is 301 Å². The zero-order valence-corrected chi connectivity index (χ0v) is 30.5. The SMILES string of the molecule is Cc1ccc(-c2[c-]cccc2)nc1.Cc1cnc(-c2[c-]ccc3c2oc2nc(-c4c(C)ccc(-c5ccccc5)c4C)ccc23)cc1C.[Ir]. The number of hydrogen-bond donors (Lipinski definition) is 0. The van der Waals surface area contributed by atoms with Crippen molar-refractivity contribution in [3.8, 4) is 44.9 Å². The van der Waals surface area contributed by atoms with Gasteiger partial charge in [0.25, 0.3) is 0 Å².